The molecular weight excluding hydrogens is 437 g/mol. The summed E-state index contributed by atoms with van der Waals surface area (Å²) in [5, 5.41) is 6.75. The van der Waals surface area contributed by atoms with Crippen molar-refractivity contribution in [1.29, 1.82) is 0 Å². The first kappa shape index (κ1) is 20.6. The zero-order valence-corrected chi connectivity index (χ0v) is 17.8. The van der Waals surface area contributed by atoms with Gasteiger partial charge in [0.1, 0.15) is 0 Å². The predicted molar refractivity (Wildman–Crippen MR) is 118 cm³/mol. The summed E-state index contributed by atoms with van der Waals surface area (Å²) in [6, 6.07) is 15.1. The predicted octanol–water partition coefficient (Wildman–Crippen LogP) is 2.81. The molecule has 26 heavy (non-hydrogen) atoms. The van der Waals surface area contributed by atoms with E-state index < -0.39 is 0 Å². The Morgan fingerprint density at radius 2 is 1.92 bits per heavy atom. The molecular formula is C20H28IN5. The Balaban J connectivity index is 0.00000243. The zero-order chi connectivity index (χ0) is 17.5. The third-order valence-corrected chi connectivity index (χ3v) is 4.74. The summed E-state index contributed by atoms with van der Waals surface area (Å²) < 4.78 is 0. The number of benzene rings is 1. The van der Waals surface area contributed by atoms with Crippen molar-refractivity contribution in [2.75, 3.05) is 20.1 Å². The van der Waals surface area contributed by atoms with Gasteiger partial charge in [-0.25, -0.2) is 0 Å². The number of halogens is 1. The molecule has 1 aliphatic rings. The fourth-order valence-electron chi connectivity index (χ4n) is 3.16. The van der Waals surface area contributed by atoms with Gasteiger partial charge in [-0.1, -0.05) is 30.3 Å². The maximum atomic E-state index is 4.32. The molecule has 1 aromatic heterocycles. The highest BCUT2D eigenvalue weighted by Gasteiger charge is 2.20. The molecule has 1 atom stereocenters. The van der Waals surface area contributed by atoms with Crippen LogP contribution < -0.4 is 10.6 Å². The number of pyridine rings is 1. The third kappa shape index (κ3) is 5.67. The molecule has 1 unspecified atom stereocenters. The molecule has 1 aromatic carbocycles. The minimum atomic E-state index is 0. The van der Waals surface area contributed by atoms with E-state index in [9.17, 15) is 0 Å². The van der Waals surface area contributed by atoms with Gasteiger partial charge in [0, 0.05) is 38.9 Å². The lowest BCUT2D eigenvalue weighted by molar-refractivity contribution is 0.191. The second-order valence-corrected chi connectivity index (χ2v) is 6.47. The fraction of sp³-hybridized carbons (Fsp3) is 0.400. The van der Waals surface area contributed by atoms with E-state index in [1.165, 1.54) is 11.1 Å². The van der Waals surface area contributed by atoms with Gasteiger partial charge < -0.3 is 10.6 Å². The topological polar surface area (TPSA) is 52.6 Å². The van der Waals surface area contributed by atoms with Crippen molar-refractivity contribution in [3.8, 4) is 0 Å². The van der Waals surface area contributed by atoms with E-state index in [0.29, 0.717) is 12.6 Å². The lowest BCUT2D eigenvalue weighted by Crippen LogP contribution is -2.47. The third-order valence-electron chi connectivity index (χ3n) is 4.74. The first-order valence-corrected chi connectivity index (χ1v) is 8.91. The summed E-state index contributed by atoms with van der Waals surface area (Å²) in [4.78, 5) is 11.2. The Kier molecular flexibility index (Phi) is 8.31. The highest BCUT2D eigenvalue weighted by Crippen LogP contribution is 2.19. The maximum absolute atomic E-state index is 4.32. The number of fused-ring (bicyclic) bond motifs is 1. The number of aliphatic imine (C=N–C) groups is 1. The summed E-state index contributed by atoms with van der Waals surface area (Å²) in [5.74, 6) is 0.815. The van der Waals surface area contributed by atoms with Crippen molar-refractivity contribution in [3.05, 3.63) is 65.5 Å². The largest absolute Gasteiger partial charge is 0.355 e. The fourth-order valence-corrected chi connectivity index (χ4v) is 3.16. The van der Waals surface area contributed by atoms with Crippen LogP contribution in [0.1, 0.15) is 23.7 Å². The SMILES string of the molecule is CN=C(NCc1ccccn1)NCC(C)N1CCc2ccccc2C1.I. The van der Waals surface area contributed by atoms with Crippen LogP contribution in [-0.2, 0) is 19.5 Å². The minimum Gasteiger partial charge on any atom is -0.355 e. The van der Waals surface area contributed by atoms with E-state index in [2.05, 4.69) is 56.7 Å². The van der Waals surface area contributed by atoms with Gasteiger partial charge in [0.15, 0.2) is 5.96 Å². The number of nitrogens with one attached hydrogen (secondary N) is 2. The molecule has 0 fully saturated rings. The molecule has 140 valence electrons. The van der Waals surface area contributed by atoms with Crippen molar-refractivity contribution in [2.24, 2.45) is 4.99 Å². The molecule has 0 saturated carbocycles. The van der Waals surface area contributed by atoms with Gasteiger partial charge in [0.2, 0.25) is 0 Å². The highest BCUT2D eigenvalue weighted by atomic mass is 127. The zero-order valence-electron chi connectivity index (χ0n) is 15.5. The van der Waals surface area contributed by atoms with Crippen LogP contribution in [0, 0.1) is 0 Å². The number of guanidine groups is 1. The second kappa shape index (κ2) is 10.5. The van der Waals surface area contributed by atoms with Crippen LogP contribution >= 0.6 is 24.0 Å². The van der Waals surface area contributed by atoms with Crippen LogP contribution in [-0.4, -0.2) is 42.0 Å². The summed E-state index contributed by atoms with van der Waals surface area (Å²) in [5.41, 5.74) is 3.95. The quantitative estimate of drug-likeness (QED) is 0.405. The normalized spacial score (nSPS) is 15.5. The summed E-state index contributed by atoms with van der Waals surface area (Å²) in [7, 11) is 1.80. The van der Waals surface area contributed by atoms with E-state index in [-0.39, 0.29) is 24.0 Å². The Morgan fingerprint density at radius 1 is 1.15 bits per heavy atom. The van der Waals surface area contributed by atoms with Crippen molar-refractivity contribution < 1.29 is 0 Å². The molecule has 2 N–H and O–H groups in total. The molecule has 2 aromatic rings. The molecule has 0 amide bonds. The lowest BCUT2D eigenvalue weighted by Gasteiger charge is -2.34. The molecule has 5 nitrogen and oxygen atoms in total. The van der Waals surface area contributed by atoms with Gasteiger partial charge in [-0.05, 0) is 36.6 Å². The molecule has 0 radical (unpaired) electrons. The number of aromatic nitrogens is 1. The van der Waals surface area contributed by atoms with Crippen molar-refractivity contribution in [2.45, 2.75) is 32.5 Å². The van der Waals surface area contributed by atoms with Crippen LogP contribution in [0.5, 0.6) is 0 Å². The molecule has 2 heterocycles. The van der Waals surface area contributed by atoms with E-state index in [4.69, 9.17) is 0 Å². The van der Waals surface area contributed by atoms with Crippen molar-refractivity contribution >= 4 is 29.9 Å². The van der Waals surface area contributed by atoms with E-state index in [0.717, 1.165) is 37.7 Å². The molecule has 0 spiro atoms. The van der Waals surface area contributed by atoms with Gasteiger partial charge in [-0.15, -0.1) is 24.0 Å². The molecule has 0 bridgehead atoms. The Hall–Kier alpha value is -1.67. The number of nitrogens with zero attached hydrogens (tertiary/aromatic N) is 3. The number of hydrogen-bond donors (Lipinski definition) is 2. The van der Waals surface area contributed by atoms with Crippen LogP contribution in [0.15, 0.2) is 53.7 Å². The average Bonchev–Trinajstić information content (AvgIpc) is 2.68. The maximum Gasteiger partial charge on any atom is 0.191 e. The Labute approximate surface area is 173 Å². The summed E-state index contributed by atoms with van der Waals surface area (Å²) in [6.45, 7) is 5.95. The second-order valence-electron chi connectivity index (χ2n) is 6.47. The van der Waals surface area contributed by atoms with Gasteiger partial charge in [0.05, 0.1) is 12.2 Å². The van der Waals surface area contributed by atoms with E-state index in [1.807, 2.05) is 24.4 Å². The number of rotatable bonds is 5. The molecule has 0 aliphatic carbocycles. The van der Waals surface area contributed by atoms with E-state index in [1.54, 1.807) is 7.05 Å². The standard InChI is InChI=1S/C20H27N5.HI/c1-16(25-12-10-17-7-3-4-8-18(17)15-25)13-23-20(21-2)24-14-19-9-5-6-11-22-19;/h3-9,11,16H,10,12-15H2,1-2H3,(H2,21,23,24);1H. The number of hydrogen-bond acceptors (Lipinski definition) is 3. The Bertz CT molecular complexity index is 704. The Morgan fingerprint density at radius 3 is 2.65 bits per heavy atom. The van der Waals surface area contributed by atoms with Gasteiger partial charge in [-0.2, -0.15) is 0 Å². The molecule has 0 saturated heterocycles. The summed E-state index contributed by atoms with van der Waals surface area (Å²) in [6.07, 6.45) is 2.94. The van der Waals surface area contributed by atoms with Crippen molar-refractivity contribution in [3.63, 3.8) is 0 Å². The molecule has 1 aliphatic heterocycles. The van der Waals surface area contributed by atoms with Gasteiger partial charge in [0.25, 0.3) is 0 Å². The highest BCUT2D eigenvalue weighted by molar-refractivity contribution is 14.0. The first-order chi connectivity index (χ1) is 12.3. The van der Waals surface area contributed by atoms with Gasteiger partial charge >= 0.3 is 0 Å². The monoisotopic (exact) mass is 465 g/mol. The van der Waals surface area contributed by atoms with Crippen LogP contribution in [0.4, 0.5) is 0 Å². The van der Waals surface area contributed by atoms with Crippen molar-refractivity contribution in [1.82, 2.24) is 20.5 Å². The smallest absolute Gasteiger partial charge is 0.191 e. The summed E-state index contributed by atoms with van der Waals surface area (Å²) >= 11 is 0. The van der Waals surface area contributed by atoms with E-state index >= 15 is 0 Å². The minimum absolute atomic E-state index is 0. The molecule has 3 rings (SSSR count). The first-order valence-electron chi connectivity index (χ1n) is 8.91. The average molecular weight is 465 g/mol. The lowest BCUT2D eigenvalue weighted by atomic mass is 9.99. The molecule has 6 heteroatoms. The van der Waals surface area contributed by atoms with Crippen LogP contribution in [0.2, 0.25) is 0 Å². The van der Waals surface area contributed by atoms with Crippen LogP contribution in [0.25, 0.3) is 0 Å². The van der Waals surface area contributed by atoms with Gasteiger partial charge in [-0.3, -0.25) is 14.9 Å². The van der Waals surface area contributed by atoms with Crippen LogP contribution in [0.3, 0.4) is 0 Å².